The Labute approximate surface area is 304 Å². The van der Waals surface area contributed by atoms with Crippen LogP contribution in [-0.4, -0.2) is 52.3 Å². The van der Waals surface area contributed by atoms with Crippen molar-refractivity contribution >= 4 is 67.5 Å². The van der Waals surface area contributed by atoms with Gasteiger partial charge < -0.3 is 19.0 Å². The number of esters is 2. The molecule has 0 aliphatic carbocycles. The maximum atomic E-state index is 14.6. The number of hydrogen-bond donors (Lipinski definition) is 1. The molecule has 0 fully saturated rings. The number of carbonyl (C=O) groups excluding carboxylic acids is 4. The molecule has 4 rings (SSSR count). The van der Waals surface area contributed by atoms with Crippen LogP contribution in [-0.2, 0) is 34.0 Å². The summed E-state index contributed by atoms with van der Waals surface area (Å²) in [7, 11) is -6.11. The van der Waals surface area contributed by atoms with E-state index in [-0.39, 0.29) is 17.6 Å². The van der Waals surface area contributed by atoms with E-state index in [1.54, 1.807) is 27.7 Å². The standard InChI is InChI=1S/C31H26F4N2O15S2/c1-12(38)48-23-19(32)21(34)24(22(35)20(23)33)54(46,47)52-37-27(43)15-10-13-14(11-16(15)28(37)44)26(42)36(25(13)41)51-18(40)7-6-17(39)49-30(2,3)8-9-31(4,5)50-29(45)53/h10-11H,6-9H2,1-5H3,(H,45,53). The van der Waals surface area contributed by atoms with Gasteiger partial charge in [-0.2, -0.15) is 17.2 Å². The lowest BCUT2D eigenvalue weighted by atomic mass is 9.94. The van der Waals surface area contributed by atoms with Gasteiger partial charge in [-0.15, -0.1) is 0 Å². The number of nitrogens with zero attached hydrogens (tertiary/aromatic N) is 2. The normalized spacial score (nSPS) is 12.2. The molecule has 0 amide bonds. The molecule has 2 heterocycles. The van der Waals surface area contributed by atoms with Crippen LogP contribution in [0.25, 0.3) is 21.5 Å². The van der Waals surface area contributed by atoms with Gasteiger partial charge in [0, 0.05) is 6.92 Å². The molecule has 0 spiro atoms. The van der Waals surface area contributed by atoms with Crippen molar-refractivity contribution in [3.63, 3.8) is 0 Å². The highest BCUT2D eigenvalue weighted by atomic mass is 32.2. The molecular formula is C31H26F4N2O15S2. The molecule has 0 saturated carbocycles. The number of rotatable bonds is 13. The Balaban J connectivity index is 1.56. The maximum absolute atomic E-state index is 14.6. The average Bonchev–Trinajstić information content (AvgIpc) is 3.41. The SMILES string of the molecule is CC(=O)Oc1c(F)c(F)c(S(=O)(=O)On2c(=O)c3cc4c(=O)n(OC(=O)CCC(=O)OC(C)(C)CCC(C)(C)OC(=O)S)c(=O)c4cc3c2=O)c(F)c1F. The Morgan fingerprint density at radius 3 is 1.52 bits per heavy atom. The molecule has 4 aromatic rings. The lowest BCUT2D eigenvalue weighted by molar-refractivity contribution is -0.161. The summed E-state index contributed by atoms with van der Waals surface area (Å²) < 4.78 is 101. The second-order valence-electron chi connectivity index (χ2n) is 12.6. The molecular weight excluding hydrogens is 780 g/mol. The van der Waals surface area contributed by atoms with E-state index >= 15 is 0 Å². The number of benzene rings is 2. The third-order valence-electron chi connectivity index (χ3n) is 7.48. The number of ether oxygens (including phenoxy) is 3. The van der Waals surface area contributed by atoms with Crippen molar-refractivity contribution in [1.82, 2.24) is 9.46 Å². The molecule has 0 bridgehead atoms. The van der Waals surface area contributed by atoms with Gasteiger partial charge in [0.15, 0.2) is 16.5 Å². The number of carbonyl (C=O) groups is 4. The van der Waals surface area contributed by atoms with E-state index in [0.29, 0.717) is 19.1 Å². The van der Waals surface area contributed by atoms with Crippen LogP contribution in [0.15, 0.2) is 36.2 Å². The van der Waals surface area contributed by atoms with E-state index in [1.165, 1.54) is 0 Å². The zero-order chi connectivity index (χ0) is 40.8. The summed E-state index contributed by atoms with van der Waals surface area (Å²) in [5.41, 5.74) is -8.10. The highest BCUT2D eigenvalue weighted by Gasteiger charge is 2.37. The molecule has 2 aromatic carbocycles. The van der Waals surface area contributed by atoms with Gasteiger partial charge in [0.05, 0.1) is 34.4 Å². The van der Waals surface area contributed by atoms with Crippen molar-refractivity contribution in [1.29, 1.82) is 0 Å². The molecule has 0 atom stereocenters. The topological polar surface area (TPSA) is 227 Å². The monoisotopic (exact) mass is 806 g/mol. The largest absolute Gasteiger partial charge is 0.460 e. The second-order valence-corrected chi connectivity index (χ2v) is 14.4. The first-order valence-electron chi connectivity index (χ1n) is 15.1. The molecule has 2 aromatic heterocycles. The van der Waals surface area contributed by atoms with Crippen molar-refractivity contribution < 1.29 is 68.5 Å². The molecule has 23 heteroatoms. The van der Waals surface area contributed by atoms with Crippen LogP contribution in [0, 0.1) is 23.3 Å². The Morgan fingerprint density at radius 1 is 0.685 bits per heavy atom. The lowest BCUT2D eigenvalue weighted by Gasteiger charge is -2.30. The zero-order valence-electron chi connectivity index (χ0n) is 28.4. The fourth-order valence-electron chi connectivity index (χ4n) is 4.91. The molecule has 290 valence electrons. The summed E-state index contributed by atoms with van der Waals surface area (Å²) in [6, 6.07) is 1.22. The maximum Gasteiger partial charge on any atom is 0.364 e. The van der Waals surface area contributed by atoms with Gasteiger partial charge in [-0.3, -0.25) is 33.1 Å². The molecule has 0 unspecified atom stereocenters. The van der Waals surface area contributed by atoms with E-state index < -0.39 is 140 Å². The van der Waals surface area contributed by atoms with Crippen LogP contribution in [0.1, 0.15) is 60.3 Å². The molecule has 0 aliphatic rings. The number of aromatic nitrogens is 2. The van der Waals surface area contributed by atoms with Gasteiger partial charge in [-0.25, -0.2) is 18.4 Å². The van der Waals surface area contributed by atoms with E-state index in [2.05, 4.69) is 21.6 Å². The third-order valence-corrected chi connectivity index (χ3v) is 8.77. The average molecular weight is 807 g/mol. The predicted molar refractivity (Wildman–Crippen MR) is 176 cm³/mol. The number of halogens is 4. The van der Waals surface area contributed by atoms with E-state index in [0.717, 1.165) is 0 Å². The van der Waals surface area contributed by atoms with Crippen molar-refractivity contribution in [2.75, 3.05) is 0 Å². The van der Waals surface area contributed by atoms with Crippen LogP contribution in [0.4, 0.5) is 22.4 Å². The van der Waals surface area contributed by atoms with Gasteiger partial charge in [0.1, 0.15) is 11.2 Å². The van der Waals surface area contributed by atoms with Gasteiger partial charge in [-0.05, 0) is 52.7 Å². The van der Waals surface area contributed by atoms with Gasteiger partial charge in [0.2, 0.25) is 17.4 Å². The van der Waals surface area contributed by atoms with Gasteiger partial charge in [-0.1, -0.05) is 22.1 Å². The van der Waals surface area contributed by atoms with Crippen molar-refractivity contribution in [3.05, 3.63) is 76.8 Å². The van der Waals surface area contributed by atoms with Crippen LogP contribution < -0.4 is 36.1 Å². The van der Waals surface area contributed by atoms with Crippen molar-refractivity contribution in [2.24, 2.45) is 0 Å². The van der Waals surface area contributed by atoms with Crippen LogP contribution >= 0.6 is 12.6 Å². The Morgan fingerprint density at radius 2 is 1.09 bits per heavy atom. The summed E-state index contributed by atoms with van der Waals surface area (Å²) >= 11 is 3.56. The summed E-state index contributed by atoms with van der Waals surface area (Å²) in [5, 5.41) is -3.70. The first kappa shape index (κ1) is 41.2. The predicted octanol–water partition coefficient (Wildman–Crippen LogP) is 1.89. The lowest BCUT2D eigenvalue weighted by Crippen LogP contribution is -2.36. The first-order chi connectivity index (χ1) is 24.8. The third kappa shape index (κ3) is 8.30. The number of thiol groups is 1. The van der Waals surface area contributed by atoms with Crippen molar-refractivity contribution in [2.45, 2.75) is 76.4 Å². The quantitative estimate of drug-likeness (QED) is 0.0669. The second kappa shape index (κ2) is 14.7. The molecule has 0 aliphatic heterocycles. The molecule has 0 N–H and O–H groups in total. The highest BCUT2D eigenvalue weighted by molar-refractivity contribution is 7.96. The minimum Gasteiger partial charge on any atom is -0.460 e. The minimum atomic E-state index is -6.11. The van der Waals surface area contributed by atoms with E-state index in [9.17, 15) is 64.3 Å². The number of fused-ring (bicyclic) bond motifs is 2. The summed E-state index contributed by atoms with van der Waals surface area (Å²) in [5.74, 6) is -15.8. The number of hydrogen-bond acceptors (Lipinski definition) is 15. The van der Waals surface area contributed by atoms with Gasteiger partial charge in [0.25, 0.3) is 22.2 Å². The Kier molecular flexibility index (Phi) is 11.2. The summed E-state index contributed by atoms with van der Waals surface area (Å²) in [6.07, 6.45) is -0.769. The fraction of sp³-hybridized carbons (Fsp3) is 0.355. The molecule has 0 saturated heterocycles. The van der Waals surface area contributed by atoms with E-state index in [1.807, 2.05) is 0 Å². The Bertz CT molecular complexity index is 2480. The van der Waals surface area contributed by atoms with Crippen LogP contribution in [0.5, 0.6) is 5.75 Å². The van der Waals surface area contributed by atoms with E-state index in [4.69, 9.17) is 14.3 Å². The molecule has 54 heavy (non-hydrogen) atoms. The van der Waals surface area contributed by atoms with Crippen LogP contribution in [0.2, 0.25) is 0 Å². The molecule has 0 radical (unpaired) electrons. The minimum absolute atomic E-state index is 0.0376. The highest BCUT2D eigenvalue weighted by Crippen LogP contribution is 2.33. The van der Waals surface area contributed by atoms with Gasteiger partial charge >= 0.3 is 33.3 Å². The smallest absolute Gasteiger partial charge is 0.364 e. The van der Waals surface area contributed by atoms with Crippen LogP contribution in [0.3, 0.4) is 0 Å². The summed E-state index contributed by atoms with van der Waals surface area (Å²) in [6.45, 7) is 6.97. The summed E-state index contributed by atoms with van der Waals surface area (Å²) in [4.78, 5) is 101. The van der Waals surface area contributed by atoms with Crippen molar-refractivity contribution in [3.8, 4) is 5.75 Å². The zero-order valence-corrected chi connectivity index (χ0v) is 30.1. The first-order valence-corrected chi connectivity index (χ1v) is 16.9. The Hall–Kier alpha value is -5.58. The fourth-order valence-corrected chi connectivity index (χ4v) is 6.18. The molecule has 17 nitrogen and oxygen atoms in total.